The fourth-order valence-corrected chi connectivity index (χ4v) is 5.57. The van der Waals surface area contributed by atoms with E-state index in [2.05, 4.69) is 67.7 Å². The summed E-state index contributed by atoms with van der Waals surface area (Å²) in [5.41, 5.74) is 0.741. The van der Waals surface area contributed by atoms with Crippen LogP contribution in [0.15, 0.2) is 43.0 Å². The second-order valence-corrected chi connectivity index (χ2v) is 8.25. The highest BCUT2D eigenvalue weighted by Gasteiger charge is 2.51. The van der Waals surface area contributed by atoms with E-state index >= 15 is 0 Å². The van der Waals surface area contributed by atoms with E-state index in [4.69, 9.17) is 0 Å². The van der Waals surface area contributed by atoms with Crippen molar-refractivity contribution in [3.8, 4) is 0 Å². The van der Waals surface area contributed by atoms with Gasteiger partial charge >= 0.3 is 0 Å². The zero-order valence-electron chi connectivity index (χ0n) is 16.1. The summed E-state index contributed by atoms with van der Waals surface area (Å²) in [7, 11) is 4.16. The molecule has 3 rings (SSSR count). The zero-order valence-corrected chi connectivity index (χ0v) is 16.1. The van der Waals surface area contributed by atoms with Crippen molar-refractivity contribution in [3.05, 3.63) is 48.6 Å². The summed E-state index contributed by atoms with van der Waals surface area (Å²) in [5, 5.41) is 11.2. The monoisotopic (exact) mass is 342 g/mol. The number of aliphatic hydroxyl groups is 1. The van der Waals surface area contributed by atoms with E-state index in [1.54, 1.807) is 6.08 Å². The van der Waals surface area contributed by atoms with E-state index in [0.717, 1.165) is 13.0 Å². The highest BCUT2D eigenvalue weighted by Crippen LogP contribution is 2.47. The van der Waals surface area contributed by atoms with Gasteiger partial charge in [0.2, 0.25) is 0 Å². The Bertz CT molecular complexity index is 579. The Morgan fingerprint density at radius 2 is 1.76 bits per heavy atom. The van der Waals surface area contributed by atoms with Gasteiger partial charge in [-0.2, -0.15) is 0 Å². The van der Waals surface area contributed by atoms with Gasteiger partial charge in [0.1, 0.15) is 5.60 Å². The Morgan fingerprint density at radius 3 is 2.32 bits per heavy atom. The van der Waals surface area contributed by atoms with Crippen molar-refractivity contribution >= 4 is 0 Å². The highest BCUT2D eigenvalue weighted by atomic mass is 16.3. The normalized spacial score (nSPS) is 33.3. The first kappa shape index (κ1) is 18.6. The molecule has 1 saturated heterocycles. The molecule has 1 aliphatic heterocycles. The van der Waals surface area contributed by atoms with Crippen LogP contribution in [0, 0.1) is 0 Å². The molecule has 3 unspecified atom stereocenters. The topological polar surface area (TPSA) is 26.7 Å². The van der Waals surface area contributed by atoms with Gasteiger partial charge < -0.3 is 10.0 Å². The van der Waals surface area contributed by atoms with Crippen LogP contribution in [0.3, 0.4) is 0 Å². The Morgan fingerprint density at radius 1 is 1.12 bits per heavy atom. The number of piperidine rings is 1. The van der Waals surface area contributed by atoms with Gasteiger partial charge in [0.05, 0.1) is 6.04 Å². The molecular formula is C22H34N2O. The minimum Gasteiger partial charge on any atom is -0.384 e. The van der Waals surface area contributed by atoms with E-state index in [-0.39, 0.29) is 17.6 Å². The molecule has 1 aromatic rings. The minimum absolute atomic E-state index is 0.0567. The fraction of sp³-hybridized carbons (Fsp3) is 0.636. The van der Waals surface area contributed by atoms with Crippen molar-refractivity contribution in [1.29, 1.82) is 0 Å². The van der Waals surface area contributed by atoms with Crippen LogP contribution in [0.1, 0.15) is 51.0 Å². The molecule has 0 radical (unpaired) electrons. The minimum atomic E-state index is -0.814. The maximum atomic E-state index is 11.2. The molecule has 138 valence electrons. The third kappa shape index (κ3) is 3.18. The number of hydrogen-bond acceptors (Lipinski definition) is 3. The Hall–Kier alpha value is -1.16. The van der Waals surface area contributed by atoms with Crippen LogP contribution in [0.25, 0.3) is 0 Å². The second-order valence-electron chi connectivity index (χ2n) is 8.25. The molecule has 1 heterocycles. The molecule has 0 aromatic heterocycles. The van der Waals surface area contributed by atoms with E-state index in [1.807, 2.05) is 0 Å². The molecule has 2 fully saturated rings. The van der Waals surface area contributed by atoms with Gasteiger partial charge in [-0.1, -0.05) is 55.7 Å². The van der Waals surface area contributed by atoms with Gasteiger partial charge in [-0.05, 0) is 45.8 Å². The lowest BCUT2D eigenvalue weighted by molar-refractivity contribution is -0.117. The van der Waals surface area contributed by atoms with Crippen LogP contribution in [-0.2, 0) is 5.54 Å². The lowest BCUT2D eigenvalue weighted by Crippen LogP contribution is -2.68. The van der Waals surface area contributed by atoms with Crippen molar-refractivity contribution in [3.63, 3.8) is 0 Å². The molecule has 1 saturated carbocycles. The summed E-state index contributed by atoms with van der Waals surface area (Å²) in [6.07, 6.45) is 8.86. The number of hydrogen-bond donors (Lipinski definition) is 1. The molecule has 1 N–H and O–H groups in total. The van der Waals surface area contributed by atoms with Crippen molar-refractivity contribution < 1.29 is 5.11 Å². The van der Waals surface area contributed by atoms with Gasteiger partial charge in [-0.3, -0.25) is 4.90 Å². The third-order valence-electron chi connectivity index (χ3n) is 6.67. The van der Waals surface area contributed by atoms with E-state index < -0.39 is 5.60 Å². The summed E-state index contributed by atoms with van der Waals surface area (Å²) < 4.78 is 0. The Labute approximate surface area is 153 Å². The first-order valence-corrected chi connectivity index (χ1v) is 9.79. The lowest BCUT2D eigenvalue weighted by Gasteiger charge is -2.58. The van der Waals surface area contributed by atoms with Crippen molar-refractivity contribution in [2.45, 2.75) is 68.7 Å². The van der Waals surface area contributed by atoms with E-state index in [0.29, 0.717) is 0 Å². The van der Waals surface area contributed by atoms with Crippen LogP contribution in [-0.4, -0.2) is 53.2 Å². The summed E-state index contributed by atoms with van der Waals surface area (Å²) in [6, 6.07) is 11.4. The van der Waals surface area contributed by atoms with Crippen molar-refractivity contribution in [2.24, 2.45) is 0 Å². The molecule has 3 heteroatoms. The molecule has 3 nitrogen and oxygen atoms in total. The van der Waals surface area contributed by atoms with Crippen molar-refractivity contribution in [2.75, 3.05) is 20.6 Å². The standard InChI is InChI=1S/C22H34N2O/c1-5-22(25)16-17-24(18(2)20(22)23(3)4)21(14-10-7-11-15-21)19-12-8-6-9-13-19/h5-6,8-9,12-13,18,20,25H,1,7,10-11,14-17H2,2-4H3. The number of benzene rings is 1. The van der Waals surface area contributed by atoms with Gasteiger partial charge in [-0.15, -0.1) is 6.58 Å². The molecule has 2 aliphatic rings. The first-order valence-electron chi connectivity index (χ1n) is 9.79. The molecule has 1 aromatic carbocycles. The quantitative estimate of drug-likeness (QED) is 0.844. The lowest BCUT2D eigenvalue weighted by atomic mass is 9.71. The summed E-state index contributed by atoms with van der Waals surface area (Å²) in [4.78, 5) is 4.88. The summed E-state index contributed by atoms with van der Waals surface area (Å²) >= 11 is 0. The average molecular weight is 343 g/mol. The van der Waals surface area contributed by atoms with Crippen LogP contribution in [0.4, 0.5) is 0 Å². The fourth-order valence-electron chi connectivity index (χ4n) is 5.57. The first-order chi connectivity index (χ1) is 11.9. The van der Waals surface area contributed by atoms with Crippen LogP contribution >= 0.6 is 0 Å². The number of rotatable bonds is 4. The smallest absolute Gasteiger partial charge is 0.101 e. The van der Waals surface area contributed by atoms with Crippen LogP contribution in [0.2, 0.25) is 0 Å². The van der Waals surface area contributed by atoms with Crippen LogP contribution in [0.5, 0.6) is 0 Å². The highest BCUT2D eigenvalue weighted by molar-refractivity contribution is 5.27. The van der Waals surface area contributed by atoms with Gasteiger partial charge in [0, 0.05) is 18.1 Å². The SMILES string of the molecule is C=CC1(O)CCN(C2(c3ccccc3)CCCCC2)C(C)C1N(C)C. The van der Waals surface area contributed by atoms with Crippen molar-refractivity contribution in [1.82, 2.24) is 9.80 Å². The molecule has 3 atom stereocenters. The van der Waals surface area contributed by atoms with Gasteiger partial charge in [0.15, 0.2) is 0 Å². The number of likely N-dealkylation sites (tertiary alicyclic amines) is 1. The zero-order chi connectivity index (χ0) is 18.1. The maximum absolute atomic E-state index is 11.2. The summed E-state index contributed by atoms with van der Waals surface area (Å²) in [5.74, 6) is 0. The van der Waals surface area contributed by atoms with E-state index in [9.17, 15) is 5.11 Å². The molecular weight excluding hydrogens is 308 g/mol. The predicted octanol–water partition coefficient (Wildman–Crippen LogP) is 3.79. The largest absolute Gasteiger partial charge is 0.384 e. The van der Waals surface area contributed by atoms with Gasteiger partial charge in [0.25, 0.3) is 0 Å². The second kappa shape index (κ2) is 7.22. The van der Waals surface area contributed by atoms with Gasteiger partial charge in [-0.25, -0.2) is 0 Å². The maximum Gasteiger partial charge on any atom is 0.101 e. The predicted molar refractivity (Wildman–Crippen MR) is 105 cm³/mol. The molecule has 0 bridgehead atoms. The van der Waals surface area contributed by atoms with E-state index in [1.165, 1.54) is 37.7 Å². The Balaban J connectivity index is 2.01. The summed E-state index contributed by atoms with van der Waals surface area (Å²) in [6.45, 7) is 7.15. The number of nitrogens with zero attached hydrogens (tertiary/aromatic N) is 2. The Kier molecular flexibility index (Phi) is 5.38. The van der Waals surface area contributed by atoms with Crippen LogP contribution < -0.4 is 0 Å². The average Bonchev–Trinajstić information content (AvgIpc) is 2.63. The molecule has 0 amide bonds. The molecule has 1 aliphatic carbocycles. The third-order valence-corrected chi connectivity index (χ3v) is 6.67. The molecule has 0 spiro atoms. The number of likely N-dealkylation sites (N-methyl/N-ethyl adjacent to an activating group) is 1. The molecule has 25 heavy (non-hydrogen) atoms.